The minimum absolute atomic E-state index is 0.00783. The molecule has 238 valence electrons. The second-order valence-corrected chi connectivity index (χ2v) is 11.1. The predicted molar refractivity (Wildman–Crippen MR) is 167 cm³/mol. The molecule has 3 aromatic rings. The summed E-state index contributed by atoms with van der Waals surface area (Å²) in [4.78, 5) is 74.9. The molecule has 0 bridgehead atoms. The van der Waals surface area contributed by atoms with Crippen molar-refractivity contribution in [3.8, 4) is 0 Å². The maximum atomic E-state index is 12.9. The third-order valence-electron chi connectivity index (χ3n) is 6.85. The molecule has 12 nitrogen and oxygen atoms in total. The SMILES string of the molecule is CC(C)CC(NC(=O)OCc1ccccc1)C(=O)NC(C)C(=O)C(=O)NCC(=O)NC(Cc1ccc2ccccc2c1)C(N)=O. The maximum Gasteiger partial charge on any atom is 0.408 e. The molecule has 12 heteroatoms. The van der Waals surface area contributed by atoms with Gasteiger partial charge in [-0.25, -0.2) is 4.79 Å². The zero-order chi connectivity index (χ0) is 32.9. The average Bonchev–Trinajstić information content (AvgIpc) is 3.01. The van der Waals surface area contributed by atoms with E-state index in [9.17, 15) is 28.8 Å². The zero-order valence-corrected chi connectivity index (χ0v) is 25.5. The van der Waals surface area contributed by atoms with Gasteiger partial charge in [0.1, 0.15) is 18.7 Å². The van der Waals surface area contributed by atoms with Crippen molar-refractivity contribution in [2.75, 3.05) is 6.54 Å². The summed E-state index contributed by atoms with van der Waals surface area (Å²) in [5, 5.41) is 11.6. The molecule has 3 aromatic carbocycles. The molecule has 0 saturated heterocycles. The van der Waals surface area contributed by atoms with E-state index >= 15 is 0 Å². The van der Waals surface area contributed by atoms with Crippen LogP contribution in [0.4, 0.5) is 4.79 Å². The van der Waals surface area contributed by atoms with E-state index in [2.05, 4.69) is 21.3 Å². The molecule has 0 heterocycles. The quantitative estimate of drug-likeness (QED) is 0.161. The molecule has 3 atom stereocenters. The highest BCUT2D eigenvalue weighted by Crippen LogP contribution is 2.16. The van der Waals surface area contributed by atoms with Gasteiger partial charge < -0.3 is 31.7 Å². The van der Waals surface area contributed by atoms with Crippen molar-refractivity contribution in [3.63, 3.8) is 0 Å². The van der Waals surface area contributed by atoms with Gasteiger partial charge in [0, 0.05) is 6.42 Å². The molecular formula is C33H39N5O7. The van der Waals surface area contributed by atoms with Crippen LogP contribution in [0.2, 0.25) is 0 Å². The number of amides is 5. The van der Waals surface area contributed by atoms with Crippen LogP contribution in [0.1, 0.15) is 38.3 Å². The number of nitrogens with one attached hydrogen (secondary N) is 4. The van der Waals surface area contributed by atoms with Gasteiger partial charge in [-0.15, -0.1) is 0 Å². The molecule has 45 heavy (non-hydrogen) atoms. The largest absolute Gasteiger partial charge is 0.445 e. The number of rotatable bonds is 15. The van der Waals surface area contributed by atoms with E-state index in [0.717, 1.165) is 21.9 Å². The summed E-state index contributed by atoms with van der Waals surface area (Å²) in [6.07, 6.45) is -0.426. The fourth-order valence-electron chi connectivity index (χ4n) is 4.50. The number of carbonyl (C=O) groups excluding carboxylic acids is 6. The highest BCUT2D eigenvalue weighted by Gasteiger charge is 2.29. The minimum atomic E-state index is -1.26. The Morgan fingerprint density at radius 2 is 1.42 bits per heavy atom. The van der Waals surface area contributed by atoms with Crippen molar-refractivity contribution >= 4 is 46.3 Å². The molecule has 0 radical (unpaired) electrons. The summed E-state index contributed by atoms with van der Waals surface area (Å²) in [5.41, 5.74) is 7.04. The van der Waals surface area contributed by atoms with Crippen molar-refractivity contribution < 1.29 is 33.5 Å². The minimum Gasteiger partial charge on any atom is -0.445 e. The second kappa shape index (κ2) is 16.6. The molecule has 0 spiro atoms. The van der Waals surface area contributed by atoms with Crippen LogP contribution in [0, 0.1) is 5.92 Å². The third-order valence-corrected chi connectivity index (χ3v) is 6.85. The zero-order valence-electron chi connectivity index (χ0n) is 25.5. The predicted octanol–water partition coefficient (Wildman–Crippen LogP) is 1.88. The standard InChI is InChI=1S/C33H39N5O7/c1-20(2)15-27(38-33(44)45-19-22-9-5-4-6-10-22)31(42)36-21(3)29(40)32(43)35-18-28(39)37-26(30(34)41)17-23-13-14-24-11-7-8-12-25(24)16-23/h4-14,16,20-21,26-27H,15,17-19H2,1-3H3,(H2,34,41)(H,35,43)(H,36,42)(H,37,39)(H,38,44). The van der Waals surface area contributed by atoms with E-state index in [4.69, 9.17) is 10.5 Å². The van der Waals surface area contributed by atoms with E-state index in [1.165, 1.54) is 6.92 Å². The van der Waals surface area contributed by atoms with Crippen molar-refractivity contribution in [1.82, 2.24) is 21.3 Å². The number of primary amides is 1. The van der Waals surface area contributed by atoms with E-state index < -0.39 is 60.2 Å². The molecule has 0 saturated carbocycles. The number of nitrogens with two attached hydrogens (primary N) is 1. The Balaban J connectivity index is 1.48. The molecule has 0 aliphatic carbocycles. The molecule has 0 aliphatic heterocycles. The summed E-state index contributed by atoms with van der Waals surface area (Å²) in [6.45, 7) is 4.43. The summed E-state index contributed by atoms with van der Waals surface area (Å²) in [5.74, 6) is -4.28. The number of alkyl carbamates (subject to hydrolysis) is 1. The Bertz CT molecular complexity index is 1530. The highest BCUT2D eigenvalue weighted by molar-refractivity contribution is 6.38. The first-order chi connectivity index (χ1) is 21.4. The molecule has 0 fully saturated rings. The van der Waals surface area contributed by atoms with Gasteiger partial charge in [0.25, 0.3) is 5.91 Å². The number of carbonyl (C=O) groups is 6. The van der Waals surface area contributed by atoms with Crippen LogP contribution in [-0.2, 0) is 41.7 Å². The van der Waals surface area contributed by atoms with Crippen molar-refractivity contribution in [3.05, 3.63) is 83.9 Å². The molecule has 0 aromatic heterocycles. The van der Waals surface area contributed by atoms with Crippen LogP contribution in [0.15, 0.2) is 72.8 Å². The Hall–Kier alpha value is -5.26. The van der Waals surface area contributed by atoms with Crippen LogP contribution in [-0.4, -0.2) is 60.2 Å². The van der Waals surface area contributed by atoms with Gasteiger partial charge in [0.2, 0.25) is 23.5 Å². The average molecular weight is 618 g/mol. The van der Waals surface area contributed by atoms with E-state index in [0.29, 0.717) is 0 Å². The van der Waals surface area contributed by atoms with Gasteiger partial charge in [0.15, 0.2) is 0 Å². The Kier molecular flexibility index (Phi) is 12.6. The normalized spacial score (nSPS) is 12.8. The number of ketones is 1. The molecule has 5 amide bonds. The lowest BCUT2D eigenvalue weighted by Gasteiger charge is -2.22. The Morgan fingerprint density at radius 1 is 0.756 bits per heavy atom. The van der Waals surface area contributed by atoms with Gasteiger partial charge in [-0.2, -0.15) is 0 Å². The lowest BCUT2D eigenvalue weighted by atomic mass is 10.0. The lowest BCUT2D eigenvalue weighted by Crippen LogP contribution is -2.54. The van der Waals surface area contributed by atoms with Crippen LogP contribution < -0.4 is 27.0 Å². The lowest BCUT2D eigenvalue weighted by molar-refractivity contribution is -0.140. The molecule has 3 unspecified atom stereocenters. The van der Waals surface area contributed by atoms with Gasteiger partial charge in [0.05, 0.1) is 12.6 Å². The van der Waals surface area contributed by atoms with Crippen molar-refractivity contribution in [2.45, 2.75) is 58.3 Å². The smallest absolute Gasteiger partial charge is 0.408 e. The molecule has 6 N–H and O–H groups in total. The van der Waals surface area contributed by atoms with Crippen LogP contribution >= 0.6 is 0 Å². The molecule has 3 rings (SSSR count). The fourth-order valence-corrected chi connectivity index (χ4v) is 4.50. The number of benzene rings is 3. The number of hydrogen-bond acceptors (Lipinski definition) is 7. The first-order valence-corrected chi connectivity index (χ1v) is 14.6. The second-order valence-electron chi connectivity index (χ2n) is 11.1. The number of Topliss-reactive ketones (excluding diaryl/α,β-unsaturated/α-hetero) is 1. The summed E-state index contributed by atoms with van der Waals surface area (Å²) < 4.78 is 5.20. The third kappa shape index (κ3) is 11.1. The van der Waals surface area contributed by atoms with Crippen molar-refractivity contribution in [2.24, 2.45) is 11.7 Å². The summed E-state index contributed by atoms with van der Waals surface area (Å²) in [6, 6.07) is 19.0. The van der Waals surface area contributed by atoms with Gasteiger partial charge in [-0.3, -0.25) is 24.0 Å². The van der Waals surface area contributed by atoms with Gasteiger partial charge in [-0.05, 0) is 41.2 Å². The van der Waals surface area contributed by atoms with Crippen molar-refractivity contribution in [1.29, 1.82) is 0 Å². The van der Waals surface area contributed by atoms with E-state index in [1.807, 2.05) is 62.4 Å². The van der Waals surface area contributed by atoms with E-state index in [1.54, 1.807) is 24.3 Å². The monoisotopic (exact) mass is 617 g/mol. The number of ether oxygens (including phenoxy) is 1. The fraction of sp³-hybridized carbons (Fsp3) is 0.333. The van der Waals surface area contributed by atoms with Crippen LogP contribution in [0.5, 0.6) is 0 Å². The first-order valence-electron chi connectivity index (χ1n) is 14.6. The summed E-state index contributed by atoms with van der Waals surface area (Å²) in [7, 11) is 0. The first kappa shape index (κ1) is 34.2. The Labute approximate surface area is 261 Å². The maximum absolute atomic E-state index is 12.9. The van der Waals surface area contributed by atoms with Gasteiger partial charge >= 0.3 is 6.09 Å². The number of fused-ring (bicyclic) bond motifs is 1. The topological polar surface area (TPSA) is 186 Å². The van der Waals surface area contributed by atoms with Crippen LogP contribution in [0.3, 0.4) is 0 Å². The number of hydrogen-bond donors (Lipinski definition) is 5. The van der Waals surface area contributed by atoms with Gasteiger partial charge in [-0.1, -0.05) is 86.6 Å². The highest BCUT2D eigenvalue weighted by atomic mass is 16.5. The molecular weight excluding hydrogens is 578 g/mol. The summed E-state index contributed by atoms with van der Waals surface area (Å²) >= 11 is 0. The molecule has 0 aliphatic rings. The van der Waals surface area contributed by atoms with Crippen LogP contribution in [0.25, 0.3) is 10.8 Å². The van der Waals surface area contributed by atoms with E-state index in [-0.39, 0.29) is 25.4 Å². The Morgan fingerprint density at radius 3 is 2.09 bits per heavy atom.